The lowest BCUT2D eigenvalue weighted by molar-refractivity contribution is 0.102. The van der Waals surface area contributed by atoms with Gasteiger partial charge in [-0.1, -0.05) is 13.0 Å². The fraction of sp³-hybridized carbons (Fsp3) is 0.650. The molecule has 0 spiro atoms. The molecule has 0 bridgehead atoms. The van der Waals surface area contributed by atoms with Gasteiger partial charge in [0.25, 0.3) is 0 Å². The summed E-state index contributed by atoms with van der Waals surface area (Å²) < 4.78 is 15.9. The lowest BCUT2D eigenvalue weighted by Gasteiger charge is -2.42. The maximum atomic E-state index is 12.9. The molecule has 0 radical (unpaired) electrons. The van der Waals surface area contributed by atoms with E-state index in [0.717, 1.165) is 50.9 Å². The zero-order chi connectivity index (χ0) is 18.1. The first-order chi connectivity index (χ1) is 12.7. The van der Waals surface area contributed by atoms with E-state index in [-0.39, 0.29) is 18.7 Å². The van der Waals surface area contributed by atoms with Crippen molar-refractivity contribution in [2.75, 3.05) is 25.1 Å². The zero-order valence-corrected chi connectivity index (χ0v) is 16.3. The summed E-state index contributed by atoms with van der Waals surface area (Å²) in [6.07, 6.45) is 7.64. The molecule has 1 atom stereocenters. The predicted octanol–water partition coefficient (Wildman–Crippen LogP) is 3.87. The van der Waals surface area contributed by atoms with E-state index in [4.69, 9.17) is 0 Å². The van der Waals surface area contributed by atoms with Gasteiger partial charge in [-0.15, -0.1) is 0 Å². The summed E-state index contributed by atoms with van der Waals surface area (Å²) in [4.78, 5) is 14.6. The van der Waals surface area contributed by atoms with Crippen LogP contribution in [0.5, 0.6) is 0 Å². The summed E-state index contributed by atoms with van der Waals surface area (Å²) in [6, 6.07) is 2.29. The Morgan fingerprint density at radius 3 is 2.46 bits per heavy atom. The molecule has 1 unspecified atom stereocenters. The molecule has 1 heterocycles. The highest BCUT2D eigenvalue weighted by Crippen LogP contribution is 2.38. The molecule has 26 heavy (non-hydrogen) atoms. The van der Waals surface area contributed by atoms with Gasteiger partial charge in [-0.05, 0) is 79.1 Å². The van der Waals surface area contributed by atoms with Crippen molar-refractivity contribution in [2.24, 2.45) is 0 Å². The van der Waals surface area contributed by atoms with E-state index in [1.54, 1.807) is 0 Å². The smallest absolute Gasteiger partial charge is 0.307 e. The lowest BCUT2D eigenvalue weighted by Crippen LogP contribution is -2.55. The van der Waals surface area contributed by atoms with Crippen molar-refractivity contribution >= 4 is 23.7 Å². The number of benzene rings is 1. The number of rotatable bonds is 6. The van der Waals surface area contributed by atoms with Gasteiger partial charge in [0.1, 0.15) is 6.67 Å². The van der Waals surface area contributed by atoms with Crippen LogP contribution < -0.4 is 10.0 Å². The van der Waals surface area contributed by atoms with Crippen LogP contribution in [0.3, 0.4) is 0 Å². The first-order valence-electron chi connectivity index (χ1n) is 9.88. The van der Waals surface area contributed by atoms with Crippen LogP contribution in [-0.4, -0.2) is 42.0 Å². The molecular weight excluding hydrogens is 349 g/mol. The van der Waals surface area contributed by atoms with Gasteiger partial charge in [-0.2, -0.15) is 0 Å². The van der Waals surface area contributed by atoms with E-state index in [9.17, 15) is 9.18 Å². The number of nitrogens with zero attached hydrogens (tertiary/aromatic N) is 1. The van der Waals surface area contributed by atoms with Gasteiger partial charge in [-0.3, -0.25) is 9.62 Å². The van der Waals surface area contributed by atoms with Crippen molar-refractivity contribution < 1.29 is 9.18 Å². The summed E-state index contributed by atoms with van der Waals surface area (Å²) in [7, 11) is 0. The number of fused-ring (bicyclic) bond motifs is 2. The number of amides is 2. The molecule has 4 rings (SSSR count). The second-order valence-corrected chi connectivity index (χ2v) is 8.81. The average Bonchev–Trinajstić information content (AvgIpc) is 3.25. The largest absolute Gasteiger partial charge is 0.329 e. The normalized spacial score (nSPS) is 20.4. The molecule has 3 aliphatic rings. The van der Waals surface area contributed by atoms with Crippen LogP contribution in [-0.2, 0) is 25.7 Å². The van der Waals surface area contributed by atoms with Crippen molar-refractivity contribution in [3.05, 3.63) is 28.3 Å². The van der Waals surface area contributed by atoms with Crippen LogP contribution in [0.2, 0.25) is 0 Å². The van der Waals surface area contributed by atoms with Gasteiger partial charge in [0, 0.05) is 24.8 Å². The van der Waals surface area contributed by atoms with Gasteiger partial charge in [0.15, 0.2) is 0 Å². The van der Waals surface area contributed by atoms with Gasteiger partial charge < -0.3 is 5.32 Å². The Morgan fingerprint density at radius 2 is 1.88 bits per heavy atom. The number of carbonyl (C=O) groups is 1. The molecule has 6 heteroatoms. The Bertz CT molecular complexity index is 654. The van der Waals surface area contributed by atoms with E-state index in [1.165, 1.54) is 47.0 Å². The van der Waals surface area contributed by atoms with Gasteiger partial charge in [0.2, 0.25) is 0 Å². The van der Waals surface area contributed by atoms with Gasteiger partial charge in [-0.25, -0.2) is 9.18 Å². The molecule has 1 fully saturated rings. The molecule has 1 aliphatic heterocycles. The molecule has 4 nitrogen and oxygen atoms in total. The van der Waals surface area contributed by atoms with E-state index in [0.29, 0.717) is 5.25 Å². The van der Waals surface area contributed by atoms with E-state index in [1.807, 2.05) is 6.92 Å². The monoisotopic (exact) mass is 377 g/mol. The third kappa shape index (κ3) is 3.46. The Labute approximate surface area is 159 Å². The molecule has 142 valence electrons. The molecule has 0 saturated carbocycles. The summed E-state index contributed by atoms with van der Waals surface area (Å²) >= 11 is 1.47. The van der Waals surface area contributed by atoms with E-state index < -0.39 is 0 Å². The highest BCUT2D eigenvalue weighted by molar-refractivity contribution is 7.98. The number of anilines is 1. The Kier molecular flexibility index (Phi) is 5.41. The Hall–Kier alpha value is -1.27. The molecule has 0 aromatic heterocycles. The molecule has 2 aliphatic carbocycles. The lowest BCUT2D eigenvalue weighted by atomic mass is 9.99. The number of halogens is 1. The second kappa shape index (κ2) is 7.77. The highest BCUT2D eigenvalue weighted by Gasteiger charge is 2.32. The zero-order valence-electron chi connectivity index (χ0n) is 15.4. The summed E-state index contributed by atoms with van der Waals surface area (Å²) in [5.74, 6) is 0. The molecule has 1 saturated heterocycles. The van der Waals surface area contributed by atoms with Crippen LogP contribution in [0.1, 0.15) is 48.4 Å². The van der Waals surface area contributed by atoms with Crippen LogP contribution in [0.25, 0.3) is 0 Å². The fourth-order valence-electron chi connectivity index (χ4n) is 4.55. The second-order valence-electron chi connectivity index (χ2n) is 7.70. The van der Waals surface area contributed by atoms with Crippen molar-refractivity contribution in [3.63, 3.8) is 0 Å². The first kappa shape index (κ1) is 18.1. The number of urea groups is 1. The minimum absolute atomic E-state index is 0.0372. The van der Waals surface area contributed by atoms with Crippen LogP contribution in [0.15, 0.2) is 6.07 Å². The number of alkyl halides is 1. The number of nitrogens with one attached hydrogen (secondary N) is 2. The quantitative estimate of drug-likeness (QED) is 0.740. The number of likely N-dealkylation sites (tertiary alicyclic amines) is 1. The van der Waals surface area contributed by atoms with Crippen molar-refractivity contribution in [2.45, 2.75) is 63.2 Å². The summed E-state index contributed by atoms with van der Waals surface area (Å²) in [5, 5.41) is 3.51. The predicted molar refractivity (Wildman–Crippen MR) is 106 cm³/mol. The van der Waals surface area contributed by atoms with Crippen LogP contribution >= 0.6 is 11.9 Å². The topological polar surface area (TPSA) is 44.4 Å². The van der Waals surface area contributed by atoms with Crippen molar-refractivity contribution in [1.29, 1.82) is 0 Å². The van der Waals surface area contributed by atoms with Crippen molar-refractivity contribution in [3.8, 4) is 0 Å². The maximum absolute atomic E-state index is 12.9. The molecular formula is C20H28FN3OS. The number of hydrogen-bond acceptors (Lipinski definition) is 3. The first-order valence-corrected chi connectivity index (χ1v) is 10.8. The SMILES string of the molecule is CCC(CF)N1CC(SNC(=O)Nc2c3c(cc4c2CCC4)CCC3)C1. The molecule has 1 aromatic carbocycles. The third-order valence-electron chi connectivity index (χ3n) is 6.07. The summed E-state index contributed by atoms with van der Waals surface area (Å²) in [5.41, 5.74) is 6.66. The maximum Gasteiger partial charge on any atom is 0.329 e. The Balaban J connectivity index is 1.33. The molecule has 1 aromatic rings. The van der Waals surface area contributed by atoms with Gasteiger partial charge in [0.05, 0.1) is 5.25 Å². The van der Waals surface area contributed by atoms with Gasteiger partial charge >= 0.3 is 6.03 Å². The number of hydrogen-bond donors (Lipinski definition) is 2. The fourth-order valence-corrected chi connectivity index (χ4v) is 5.41. The average molecular weight is 378 g/mol. The minimum atomic E-state index is -0.286. The third-order valence-corrected chi connectivity index (χ3v) is 7.01. The number of carbonyl (C=O) groups excluding carboxylic acids is 1. The minimum Gasteiger partial charge on any atom is -0.307 e. The van der Waals surface area contributed by atoms with E-state index in [2.05, 4.69) is 21.0 Å². The van der Waals surface area contributed by atoms with E-state index >= 15 is 0 Å². The number of aryl methyl sites for hydroxylation is 2. The van der Waals surface area contributed by atoms with Crippen LogP contribution in [0.4, 0.5) is 14.9 Å². The standard InChI is InChI=1S/C20H28FN3OS/c1-2-15(10-21)24-11-16(12-24)26-23-20(25)22-19-17-7-3-5-13(17)9-14-6-4-8-18(14)19/h9,15-16H,2-8,10-12H2,1H3,(H2,22,23,25). The highest BCUT2D eigenvalue weighted by atomic mass is 32.2. The molecule has 2 amide bonds. The van der Waals surface area contributed by atoms with Crippen LogP contribution in [0, 0.1) is 0 Å². The van der Waals surface area contributed by atoms with Crippen molar-refractivity contribution in [1.82, 2.24) is 9.62 Å². The summed E-state index contributed by atoms with van der Waals surface area (Å²) in [6.45, 7) is 3.44. The Morgan fingerprint density at radius 1 is 1.23 bits per heavy atom. The molecule has 2 N–H and O–H groups in total.